The second kappa shape index (κ2) is 11.8. The Bertz CT molecular complexity index is 337. The number of hydrogen-bond acceptors (Lipinski definition) is 0. The van der Waals surface area contributed by atoms with Crippen LogP contribution in [0.25, 0.3) is 0 Å². The van der Waals surface area contributed by atoms with E-state index in [-0.39, 0.29) is 0 Å². The summed E-state index contributed by atoms with van der Waals surface area (Å²) in [5.74, 6) is 0.846. The van der Waals surface area contributed by atoms with Crippen molar-refractivity contribution in [2.45, 2.75) is 72.6 Å². The van der Waals surface area contributed by atoms with E-state index in [1.54, 1.807) is 0 Å². The van der Waals surface area contributed by atoms with Gasteiger partial charge in [0.15, 0.2) is 0 Å². The maximum atomic E-state index is 3.94. The highest BCUT2D eigenvalue weighted by molar-refractivity contribution is 5.12. The molecular weight excluding hydrogens is 240 g/mol. The van der Waals surface area contributed by atoms with Crippen LogP contribution in [0.1, 0.15) is 72.6 Å². The van der Waals surface area contributed by atoms with Gasteiger partial charge < -0.3 is 0 Å². The van der Waals surface area contributed by atoms with Gasteiger partial charge >= 0.3 is 0 Å². The van der Waals surface area contributed by atoms with Crippen LogP contribution in [0, 0.1) is 5.92 Å². The summed E-state index contributed by atoms with van der Waals surface area (Å²) in [6.45, 7) is 16.7. The molecule has 0 aliphatic rings. The minimum atomic E-state index is 0.846. The first-order chi connectivity index (χ1) is 9.45. The minimum absolute atomic E-state index is 0.846. The van der Waals surface area contributed by atoms with Crippen LogP contribution < -0.4 is 0 Å². The second-order valence-electron chi connectivity index (χ2n) is 6.31. The molecule has 1 atom stereocenters. The van der Waals surface area contributed by atoms with Crippen LogP contribution in [0.15, 0.2) is 48.1 Å². The molecule has 0 aromatic heterocycles. The third kappa shape index (κ3) is 12.0. The molecule has 0 saturated heterocycles. The van der Waals surface area contributed by atoms with Gasteiger partial charge in [-0.15, -0.1) is 0 Å². The van der Waals surface area contributed by atoms with Crippen molar-refractivity contribution in [3.8, 4) is 0 Å². The van der Waals surface area contributed by atoms with Gasteiger partial charge in [-0.25, -0.2) is 0 Å². The molecule has 1 unspecified atom stereocenters. The van der Waals surface area contributed by atoms with Crippen molar-refractivity contribution in [3.05, 3.63) is 48.1 Å². The monoisotopic (exact) mass is 274 g/mol. The van der Waals surface area contributed by atoms with E-state index in [0.717, 1.165) is 24.3 Å². The van der Waals surface area contributed by atoms with Gasteiger partial charge in [-0.2, -0.15) is 0 Å². The molecule has 0 N–H and O–H groups in total. The second-order valence-corrected chi connectivity index (χ2v) is 6.31. The van der Waals surface area contributed by atoms with E-state index in [0.29, 0.717) is 0 Å². The van der Waals surface area contributed by atoms with Crippen molar-refractivity contribution >= 4 is 0 Å². The summed E-state index contributed by atoms with van der Waals surface area (Å²) in [6, 6.07) is 0. The van der Waals surface area contributed by atoms with Gasteiger partial charge in [-0.1, -0.05) is 61.4 Å². The average molecular weight is 274 g/mol. The molecule has 0 aromatic carbocycles. The average Bonchev–Trinajstić information content (AvgIpc) is 2.38. The van der Waals surface area contributed by atoms with Crippen molar-refractivity contribution in [2.75, 3.05) is 0 Å². The fourth-order valence-corrected chi connectivity index (χ4v) is 2.24. The molecule has 0 spiro atoms. The van der Waals surface area contributed by atoms with Crippen molar-refractivity contribution in [1.29, 1.82) is 0 Å². The summed E-state index contributed by atoms with van der Waals surface area (Å²) >= 11 is 0. The SMILES string of the molecule is C=CC(=C)CCC=C(C)CCCC(C)CCC=C(C)C. The molecule has 0 rings (SSSR count). The number of hydrogen-bond donors (Lipinski definition) is 0. The van der Waals surface area contributed by atoms with Gasteiger partial charge in [0.25, 0.3) is 0 Å². The molecule has 0 fully saturated rings. The number of allylic oxidation sites excluding steroid dienone is 6. The normalized spacial score (nSPS) is 12.9. The predicted molar refractivity (Wildman–Crippen MR) is 94.0 cm³/mol. The Balaban J connectivity index is 3.71. The van der Waals surface area contributed by atoms with E-state index in [1.807, 2.05) is 6.08 Å². The molecule has 0 amide bonds. The van der Waals surface area contributed by atoms with Crippen molar-refractivity contribution < 1.29 is 0 Å². The van der Waals surface area contributed by atoms with E-state index in [2.05, 4.69) is 53.0 Å². The zero-order valence-electron chi connectivity index (χ0n) is 14.2. The zero-order chi connectivity index (χ0) is 15.4. The molecule has 20 heavy (non-hydrogen) atoms. The van der Waals surface area contributed by atoms with Gasteiger partial charge in [0, 0.05) is 0 Å². The van der Waals surface area contributed by atoms with Crippen LogP contribution in [-0.2, 0) is 0 Å². The van der Waals surface area contributed by atoms with Gasteiger partial charge in [0.2, 0.25) is 0 Å². The van der Waals surface area contributed by atoms with Crippen molar-refractivity contribution in [2.24, 2.45) is 5.92 Å². The van der Waals surface area contributed by atoms with Gasteiger partial charge in [0.05, 0.1) is 0 Å². The highest BCUT2D eigenvalue weighted by Gasteiger charge is 2.01. The maximum absolute atomic E-state index is 3.94. The molecule has 0 aliphatic heterocycles. The van der Waals surface area contributed by atoms with Crippen LogP contribution in [0.5, 0.6) is 0 Å². The van der Waals surface area contributed by atoms with Crippen molar-refractivity contribution in [1.82, 2.24) is 0 Å². The molecular formula is C20H34. The molecule has 0 aromatic rings. The molecule has 0 radical (unpaired) electrons. The lowest BCUT2D eigenvalue weighted by atomic mass is 9.96. The Morgan fingerprint density at radius 1 is 1.00 bits per heavy atom. The predicted octanol–water partition coefficient (Wildman–Crippen LogP) is 7.01. The third-order valence-electron chi connectivity index (χ3n) is 3.73. The highest BCUT2D eigenvalue weighted by Crippen LogP contribution is 2.18. The highest BCUT2D eigenvalue weighted by atomic mass is 14.1. The molecule has 0 heterocycles. The van der Waals surface area contributed by atoms with E-state index in [1.165, 1.54) is 43.3 Å². The maximum Gasteiger partial charge on any atom is -0.0250 e. The topological polar surface area (TPSA) is 0 Å². The lowest BCUT2D eigenvalue weighted by molar-refractivity contribution is 0.478. The minimum Gasteiger partial charge on any atom is -0.0988 e. The molecule has 0 nitrogen and oxygen atoms in total. The summed E-state index contributed by atoms with van der Waals surface area (Å²) in [7, 11) is 0. The summed E-state index contributed by atoms with van der Waals surface area (Å²) in [5, 5.41) is 0. The molecule has 0 saturated carbocycles. The largest absolute Gasteiger partial charge is 0.0988 e. The van der Waals surface area contributed by atoms with Crippen LogP contribution in [0.4, 0.5) is 0 Å². The summed E-state index contributed by atoms with van der Waals surface area (Å²) in [6.07, 6.45) is 15.2. The Hall–Kier alpha value is -1.04. The zero-order valence-corrected chi connectivity index (χ0v) is 14.2. The van der Waals surface area contributed by atoms with Crippen LogP contribution in [0.2, 0.25) is 0 Å². The Kier molecular flexibility index (Phi) is 11.1. The van der Waals surface area contributed by atoms with Crippen LogP contribution >= 0.6 is 0 Å². The van der Waals surface area contributed by atoms with Crippen molar-refractivity contribution in [3.63, 3.8) is 0 Å². The third-order valence-corrected chi connectivity index (χ3v) is 3.73. The van der Waals surface area contributed by atoms with Crippen LogP contribution in [-0.4, -0.2) is 0 Å². The summed E-state index contributed by atoms with van der Waals surface area (Å²) in [5.41, 5.74) is 4.11. The van der Waals surface area contributed by atoms with Gasteiger partial charge in [0.1, 0.15) is 0 Å². The molecule has 0 heteroatoms. The fourth-order valence-electron chi connectivity index (χ4n) is 2.24. The lowest BCUT2D eigenvalue weighted by Gasteiger charge is -2.10. The Morgan fingerprint density at radius 2 is 1.70 bits per heavy atom. The first-order valence-electron chi connectivity index (χ1n) is 8.05. The van der Waals surface area contributed by atoms with E-state index < -0.39 is 0 Å². The van der Waals surface area contributed by atoms with Gasteiger partial charge in [-0.3, -0.25) is 0 Å². The first-order valence-corrected chi connectivity index (χ1v) is 8.05. The molecule has 0 bridgehead atoms. The van der Waals surface area contributed by atoms with E-state index in [9.17, 15) is 0 Å². The molecule has 114 valence electrons. The van der Waals surface area contributed by atoms with Gasteiger partial charge in [-0.05, 0) is 65.2 Å². The number of rotatable bonds is 11. The van der Waals surface area contributed by atoms with Crippen LogP contribution in [0.3, 0.4) is 0 Å². The lowest BCUT2D eigenvalue weighted by Crippen LogP contribution is -1.94. The first kappa shape index (κ1) is 19.0. The Morgan fingerprint density at radius 3 is 2.30 bits per heavy atom. The quantitative estimate of drug-likeness (QED) is 0.281. The smallest absolute Gasteiger partial charge is 0.0250 e. The molecule has 0 aliphatic carbocycles. The van der Waals surface area contributed by atoms with E-state index in [4.69, 9.17) is 0 Å². The standard InChI is InChI=1S/C20H34/c1-7-18(4)12-9-14-20(6)16-10-15-19(5)13-8-11-17(2)3/h7,11,14,19H,1,4,8-10,12-13,15-16H2,2-3,5-6H3. The fraction of sp³-hybridized carbons (Fsp3) is 0.600. The Labute approximate surface area is 127 Å². The summed E-state index contributed by atoms with van der Waals surface area (Å²) < 4.78 is 0. The summed E-state index contributed by atoms with van der Waals surface area (Å²) in [4.78, 5) is 0. The van der Waals surface area contributed by atoms with E-state index >= 15 is 0 Å².